The van der Waals surface area contributed by atoms with Gasteiger partial charge in [-0.25, -0.2) is 0 Å². The Balaban J connectivity index is 3.07. The van der Waals surface area contributed by atoms with Crippen LogP contribution in [0.2, 0.25) is 0 Å². The van der Waals surface area contributed by atoms with Crippen LogP contribution in [0, 0.1) is 0 Å². The number of allylic oxidation sites excluding steroid dienone is 3. The van der Waals surface area contributed by atoms with Crippen LogP contribution in [-0.2, 0) is 0 Å². The zero-order valence-electron chi connectivity index (χ0n) is 11.5. The minimum Gasteiger partial charge on any atom is -0.396 e. The molecule has 0 aromatic carbocycles. The largest absolute Gasteiger partial charge is 0.396 e. The Bertz CT molecular complexity index is 182. The normalized spacial score (nSPS) is 11.9. The first-order valence-electron chi connectivity index (χ1n) is 7.34. The van der Waals surface area contributed by atoms with Gasteiger partial charge in [0.15, 0.2) is 0 Å². The van der Waals surface area contributed by atoms with Gasteiger partial charge in [0.05, 0.1) is 0 Å². The van der Waals surface area contributed by atoms with Crippen LogP contribution in [0.15, 0.2) is 24.3 Å². The van der Waals surface area contributed by atoms with Gasteiger partial charge in [0.2, 0.25) is 0 Å². The summed E-state index contributed by atoms with van der Waals surface area (Å²) in [5.74, 6) is 0. The van der Waals surface area contributed by atoms with Crippen molar-refractivity contribution < 1.29 is 5.11 Å². The van der Waals surface area contributed by atoms with Gasteiger partial charge in [-0.15, -0.1) is 0 Å². The molecule has 0 bridgehead atoms. The quantitative estimate of drug-likeness (QED) is 0.374. The van der Waals surface area contributed by atoms with Crippen molar-refractivity contribution in [2.24, 2.45) is 0 Å². The Hall–Kier alpha value is -0.560. The lowest BCUT2D eigenvalue weighted by Crippen LogP contribution is -1.79. The molecule has 0 saturated heterocycles. The predicted molar refractivity (Wildman–Crippen MR) is 77.2 cm³/mol. The van der Waals surface area contributed by atoms with E-state index < -0.39 is 0 Å². The first-order chi connectivity index (χ1) is 8.41. The third-order valence-electron chi connectivity index (χ3n) is 2.90. The smallest absolute Gasteiger partial charge is 0.0465 e. The first kappa shape index (κ1) is 16.4. The second-order valence-corrected chi connectivity index (χ2v) is 4.63. The number of rotatable bonds is 12. The number of unbranched alkanes of at least 4 members (excludes halogenated alkanes) is 8. The fourth-order valence-corrected chi connectivity index (χ4v) is 1.82. The molecule has 0 aliphatic carbocycles. The van der Waals surface area contributed by atoms with Gasteiger partial charge in [-0.2, -0.15) is 0 Å². The van der Waals surface area contributed by atoms with Crippen molar-refractivity contribution in [1.29, 1.82) is 0 Å². The average Bonchev–Trinajstić information content (AvgIpc) is 2.35. The molecule has 0 aliphatic heterocycles. The molecule has 0 aromatic rings. The summed E-state index contributed by atoms with van der Waals surface area (Å²) >= 11 is 0. The lowest BCUT2D eigenvalue weighted by molar-refractivity contribution is 0.302. The van der Waals surface area contributed by atoms with Crippen LogP contribution in [0.5, 0.6) is 0 Å². The van der Waals surface area contributed by atoms with Crippen molar-refractivity contribution in [2.45, 2.75) is 71.1 Å². The van der Waals surface area contributed by atoms with Crippen molar-refractivity contribution in [2.75, 3.05) is 6.61 Å². The van der Waals surface area contributed by atoms with E-state index in [0.717, 1.165) is 6.42 Å². The van der Waals surface area contributed by atoms with E-state index in [4.69, 9.17) is 5.11 Å². The number of aliphatic hydroxyl groups is 1. The molecule has 0 rings (SSSR count). The highest BCUT2D eigenvalue weighted by molar-refractivity contribution is 5.02. The molecule has 0 unspecified atom stereocenters. The summed E-state index contributed by atoms with van der Waals surface area (Å²) in [5.41, 5.74) is 0. The highest BCUT2D eigenvalue weighted by atomic mass is 16.2. The highest BCUT2D eigenvalue weighted by Gasteiger charge is 1.89. The molecule has 17 heavy (non-hydrogen) atoms. The van der Waals surface area contributed by atoms with Gasteiger partial charge in [-0.3, -0.25) is 0 Å². The lowest BCUT2D eigenvalue weighted by atomic mass is 10.1. The minimum absolute atomic E-state index is 0.252. The summed E-state index contributed by atoms with van der Waals surface area (Å²) in [5, 5.41) is 8.57. The maximum Gasteiger partial charge on any atom is 0.0465 e. The summed E-state index contributed by atoms with van der Waals surface area (Å²) in [6.45, 7) is 2.52. The van der Waals surface area contributed by atoms with Crippen molar-refractivity contribution in [3.05, 3.63) is 24.3 Å². The second-order valence-electron chi connectivity index (χ2n) is 4.63. The zero-order chi connectivity index (χ0) is 12.6. The van der Waals surface area contributed by atoms with E-state index in [9.17, 15) is 0 Å². The van der Waals surface area contributed by atoms with Crippen LogP contribution in [0.4, 0.5) is 0 Å². The molecule has 100 valence electrons. The Kier molecular flexibility index (Phi) is 14.9. The van der Waals surface area contributed by atoms with Gasteiger partial charge in [-0.05, 0) is 19.3 Å². The van der Waals surface area contributed by atoms with Crippen molar-refractivity contribution in [1.82, 2.24) is 0 Å². The molecule has 1 nitrogen and oxygen atoms in total. The fourth-order valence-electron chi connectivity index (χ4n) is 1.82. The molecule has 1 N–H and O–H groups in total. The van der Waals surface area contributed by atoms with Crippen LogP contribution in [0.25, 0.3) is 0 Å². The molecule has 0 atom stereocenters. The van der Waals surface area contributed by atoms with Gasteiger partial charge < -0.3 is 5.11 Å². The summed E-state index contributed by atoms with van der Waals surface area (Å²) < 4.78 is 0. The average molecular weight is 238 g/mol. The Morgan fingerprint density at radius 3 is 1.82 bits per heavy atom. The second kappa shape index (κ2) is 15.4. The van der Waals surface area contributed by atoms with E-state index in [-0.39, 0.29) is 6.61 Å². The van der Waals surface area contributed by atoms with E-state index in [1.165, 1.54) is 57.8 Å². The minimum atomic E-state index is 0.252. The predicted octanol–water partition coefficient (Wildman–Crippen LogP) is 5.01. The molecule has 0 radical (unpaired) electrons. The standard InChI is InChI=1S/C16H30O/c1-2-3-4-5-6-7-8-9-10-11-12-13-14-15-16-17/h11-14,17H,2-10,15-16H2,1H3/b12-11+,14-13+. The van der Waals surface area contributed by atoms with Gasteiger partial charge >= 0.3 is 0 Å². The molecule has 0 heterocycles. The molecule has 0 fully saturated rings. The van der Waals surface area contributed by atoms with Crippen LogP contribution < -0.4 is 0 Å². The molecule has 0 saturated carbocycles. The third-order valence-corrected chi connectivity index (χ3v) is 2.90. The van der Waals surface area contributed by atoms with Crippen LogP contribution in [-0.4, -0.2) is 11.7 Å². The SMILES string of the molecule is CCCCCCCCCC/C=C/C=C/CCO. The molecule has 0 amide bonds. The fraction of sp³-hybridized carbons (Fsp3) is 0.750. The summed E-state index contributed by atoms with van der Waals surface area (Å²) in [6, 6.07) is 0. The number of hydrogen-bond acceptors (Lipinski definition) is 1. The maximum atomic E-state index is 8.57. The summed E-state index contributed by atoms with van der Waals surface area (Å²) in [4.78, 5) is 0. The topological polar surface area (TPSA) is 20.2 Å². The molecule has 0 spiro atoms. The van der Waals surface area contributed by atoms with Crippen molar-refractivity contribution >= 4 is 0 Å². The van der Waals surface area contributed by atoms with Gasteiger partial charge in [0.1, 0.15) is 0 Å². The monoisotopic (exact) mass is 238 g/mol. The summed E-state index contributed by atoms with van der Waals surface area (Å²) in [6.07, 6.45) is 21.4. The van der Waals surface area contributed by atoms with Crippen LogP contribution in [0.3, 0.4) is 0 Å². The zero-order valence-corrected chi connectivity index (χ0v) is 11.5. The van der Waals surface area contributed by atoms with E-state index in [0.29, 0.717) is 0 Å². The van der Waals surface area contributed by atoms with Gasteiger partial charge in [-0.1, -0.05) is 76.2 Å². The molecular formula is C16H30O. The highest BCUT2D eigenvalue weighted by Crippen LogP contribution is 2.09. The Labute approximate surface area is 108 Å². The Morgan fingerprint density at radius 1 is 0.706 bits per heavy atom. The molecule has 0 aliphatic rings. The Morgan fingerprint density at radius 2 is 1.24 bits per heavy atom. The lowest BCUT2D eigenvalue weighted by Gasteiger charge is -1.99. The van der Waals surface area contributed by atoms with Crippen LogP contribution in [0.1, 0.15) is 71.1 Å². The van der Waals surface area contributed by atoms with Crippen molar-refractivity contribution in [3.8, 4) is 0 Å². The van der Waals surface area contributed by atoms with Gasteiger partial charge in [0.25, 0.3) is 0 Å². The summed E-state index contributed by atoms with van der Waals surface area (Å²) in [7, 11) is 0. The number of hydrogen-bond donors (Lipinski definition) is 1. The number of aliphatic hydroxyl groups excluding tert-OH is 1. The first-order valence-corrected chi connectivity index (χ1v) is 7.34. The molecule has 1 heteroatoms. The molecule has 0 aromatic heterocycles. The van der Waals surface area contributed by atoms with E-state index >= 15 is 0 Å². The van der Waals surface area contributed by atoms with E-state index in [1.807, 2.05) is 12.2 Å². The van der Waals surface area contributed by atoms with E-state index in [2.05, 4.69) is 19.1 Å². The van der Waals surface area contributed by atoms with Crippen molar-refractivity contribution in [3.63, 3.8) is 0 Å². The third kappa shape index (κ3) is 15.4. The maximum absolute atomic E-state index is 8.57. The van der Waals surface area contributed by atoms with E-state index in [1.54, 1.807) is 0 Å². The molecular weight excluding hydrogens is 208 g/mol. The van der Waals surface area contributed by atoms with Crippen LogP contribution >= 0.6 is 0 Å². The van der Waals surface area contributed by atoms with Gasteiger partial charge in [0, 0.05) is 6.61 Å².